The average molecular weight is 506 g/mol. The summed E-state index contributed by atoms with van der Waals surface area (Å²) in [6.07, 6.45) is 0. The van der Waals surface area contributed by atoms with Crippen LogP contribution in [0, 0.1) is 17.0 Å². The number of amides is 1. The van der Waals surface area contributed by atoms with Gasteiger partial charge in [-0.05, 0) is 25.1 Å². The van der Waals surface area contributed by atoms with E-state index in [0.29, 0.717) is 26.6 Å². The van der Waals surface area contributed by atoms with E-state index in [-0.39, 0.29) is 15.0 Å². The van der Waals surface area contributed by atoms with Gasteiger partial charge in [-0.1, -0.05) is 75.7 Å². The molecule has 1 N–H and O–H groups in total. The van der Waals surface area contributed by atoms with E-state index in [0.717, 1.165) is 33.8 Å². The number of ether oxygens (including phenoxy) is 1. The second-order valence-electron chi connectivity index (χ2n) is 6.55. The van der Waals surface area contributed by atoms with Crippen molar-refractivity contribution in [1.29, 1.82) is 0 Å². The Hall–Kier alpha value is -2.98. The number of aromatic nitrogens is 1. The van der Waals surface area contributed by atoms with E-state index >= 15 is 0 Å². The summed E-state index contributed by atoms with van der Waals surface area (Å²) in [5.74, 6) is -0.0310. The first kappa shape index (κ1) is 22.2. The van der Waals surface area contributed by atoms with Crippen molar-refractivity contribution in [1.82, 2.24) is 4.98 Å². The van der Waals surface area contributed by atoms with E-state index in [2.05, 4.69) is 10.3 Å². The highest BCUT2D eigenvalue weighted by Crippen LogP contribution is 2.42. The second-order valence-corrected chi connectivity index (χ2v) is 9.39. The third-order valence-electron chi connectivity index (χ3n) is 4.24. The maximum absolute atomic E-state index is 12.6. The fourth-order valence-corrected chi connectivity index (χ4v) is 4.53. The number of halogens is 2. The molecule has 11 heteroatoms. The van der Waals surface area contributed by atoms with Crippen LogP contribution in [0.1, 0.15) is 15.2 Å². The Balaban J connectivity index is 1.66. The average Bonchev–Trinajstić information content (AvgIpc) is 3.39. The first-order valence-corrected chi connectivity index (χ1v) is 11.5. The molecule has 0 saturated carbocycles. The van der Waals surface area contributed by atoms with Gasteiger partial charge in [0.2, 0.25) is 5.06 Å². The van der Waals surface area contributed by atoms with Gasteiger partial charge in [-0.15, -0.1) is 0 Å². The van der Waals surface area contributed by atoms with Crippen molar-refractivity contribution in [2.45, 2.75) is 6.92 Å². The van der Waals surface area contributed by atoms with Crippen LogP contribution in [0.3, 0.4) is 0 Å². The molecule has 0 aliphatic carbocycles. The van der Waals surface area contributed by atoms with Gasteiger partial charge >= 0.3 is 5.00 Å². The molecular formula is C21H13Cl2N3O4S2. The SMILES string of the molecule is Cc1ccc(-c2nc(NC(=O)c3ccc([N+](=O)[O-])s3)sc2Oc2ccc(Cl)c(Cl)c2)cc1. The van der Waals surface area contributed by atoms with E-state index in [1.165, 1.54) is 12.1 Å². The first-order valence-electron chi connectivity index (χ1n) is 9.06. The number of hydrogen-bond acceptors (Lipinski definition) is 7. The van der Waals surface area contributed by atoms with Crippen molar-refractivity contribution in [3.63, 3.8) is 0 Å². The monoisotopic (exact) mass is 505 g/mol. The maximum Gasteiger partial charge on any atom is 0.324 e. The molecule has 2 heterocycles. The molecule has 0 radical (unpaired) electrons. The van der Waals surface area contributed by atoms with Crippen LogP contribution in [0.5, 0.6) is 10.8 Å². The Morgan fingerprint density at radius 2 is 1.81 bits per heavy atom. The lowest BCUT2D eigenvalue weighted by Crippen LogP contribution is -2.09. The van der Waals surface area contributed by atoms with Crippen LogP contribution in [-0.2, 0) is 0 Å². The minimum absolute atomic E-state index is 0.113. The summed E-state index contributed by atoms with van der Waals surface area (Å²) >= 11 is 14.0. The molecule has 0 bridgehead atoms. The van der Waals surface area contributed by atoms with E-state index in [4.69, 9.17) is 27.9 Å². The van der Waals surface area contributed by atoms with Gasteiger partial charge in [0.25, 0.3) is 5.91 Å². The molecule has 0 spiro atoms. The lowest BCUT2D eigenvalue weighted by Gasteiger charge is -2.06. The molecule has 1 amide bonds. The minimum atomic E-state index is -0.538. The number of nitrogens with one attached hydrogen (secondary N) is 1. The molecule has 0 saturated heterocycles. The molecule has 0 atom stereocenters. The zero-order valence-corrected chi connectivity index (χ0v) is 19.4. The number of hydrogen-bond donors (Lipinski definition) is 1. The lowest BCUT2D eigenvalue weighted by atomic mass is 10.1. The molecule has 0 unspecified atom stereocenters. The topological polar surface area (TPSA) is 94.4 Å². The maximum atomic E-state index is 12.6. The van der Waals surface area contributed by atoms with E-state index in [9.17, 15) is 14.9 Å². The minimum Gasteiger partial charge on any atom is -0.444 e. The summed E-state index contributed by atoms with van der Waals surface area (Å²) < 4.78 is 6.01. The summed E-state index contributed by atoms with van der Waals surface area (Å²) in [4.78, 5) is 27.6. The van der Waals surface area contributed by atoms with Gasteiger partial charge in [0.1, 0.15) is 11.4 Å². The van der Waals surface area contributed by atoms with Gasteiger partial charge in [-0.3, -0.25) is 20.2 Å². The van der Waals surface area contributed by atoms with Crippen molar-refractivity contribution in [2.24, 2.45) is 0 Å². The highest BCUT2D eigenvalue weighted by molar-refractivity contribution is 7.19. The second kappa shape index (κ2) is 9.25. The smallest absolute Gasteiger partial charge is 0.324 e. The molecule has 4 aromatic rings. The Morgan fingerprint density at radius 1 is 1.06 bits per heavy atom. The summed E-state index contributed by atoms with van der Waals surface area (Å²) in [5.41, 5.74) is 2.42. The van der Waals surface area contributed by atoms with Crippen LogP contribution in [0.25, 0.3) is 11.3 Å². The Kier molecular flexibility index (Phi) is 6.43. The lowest BCUT2D eigenvalue weighted by molar-refractivity contribution is -0.380. The number of carbonyl (C=O) groups excluding carboxylic acids is 1. The van der Waals surface area contributed by atoms with Crippen molar-refractivity contribution in [3.8, 4) is 22.1 Å². The molecule has 2 aromatic carbocycles. The number of rotatable bonds is 6. The van der Waals surface area contributed by atoms with Crippen molar-refractivity contribution in [3.05, 3.63) is 85.2 Å². The van der Waals surface area contributed by atoms with Crippen LogP contribution in [0.2, 0.25) is 10.0 Å². The third-order valence-corrected chi connectivity index (χ3v) is 6.86. The highest BCUT2D eigenvalue weighted by atomic mass is 35.5. The molecule has 32 heavy (non-hydrogen) atoms. The predicted molar refractivity (Wildman–Crippen MR) is 128 cm³/mol. The van der Waals surface area contributed by atoms with Crippen LogP contribution < -0.4 is 10.1 Å². The Morgan fingerprint density at radius 3 is 2.47 bits per heavy atom. The number of thiophene rings is 1. The molecule has 0 aliphatic heterocycles. The fraction of sp³-hybridized carbons (Fsp3) is 0.0476. The number of benzene rings is 2. The number of nitrogens with zero attached hydrogens (tertiary/aromatic N) is 2. The van der Waals surface area contributed by atoms with Crippen LogP contribution >= 0.6 is 45.9 Å². The molecule has 4 rings (SSSR count). The van der Waals surface area contributed by atoms with Gasteiger partial charge in [0, 0.05) is 17.7 Å². The summed E-state index contributed by atoms with van der Waals surface area (Å²) in [7, 11) is 0. The number of aryl methyl sites for hydroxylation is 1. The fourth-order valence-electron chi connectivity index (χ4n) is 2.68. The zero-order chi connectivity index (χ0) is 22.8. The van der Waals surface area contributed by atoms with Gasteiger partial charge in [0.05, 0.1) is 19.8 Å². The number of nitro groups is 1. The van der Waals surface area contributed by atoms with E-state index in [1.807, 2.05) is 31.2 Å². The number of carbonyl (C=O) groups is 1. The number of thiazole rings is 1. The normalized spacial score (nSPS) is 10.7. The third kappa shape index (κ3) is 4.91. The van der Waals surface area contributed by atoms with E-state index < -0.39 is 10.8 Å². The zero-order valence-electron chi connectivity index (χ0n) is 16.3. The van der Waals surface area contributed by atoms with Gasteiger partial charge in [-0.25, -0.2) is 4.98 Å². The van der Waals surface area contributed by atoms with Crippen LogP contribution in [-0.4, -0.2) is 15.8 Å². The molecular weight excluding hydrogens is 493 g/mol. The predicted octanol–water partition coefficient (Wildman–Crippen LogP) is 7.44. The van der Waals surface area contributed by atoms with Crippen molar-refractivity contribution >= 4 is 61.9 Å². The molecule has 7 nitrogen and oxygen atoms in total. The quantitative estimate of drug-likeness (QED) is 0.217. The van der Waals surface area contributed by atoms with Crippen LogP contribution in [0.15, 0.2) is 54.6 Å². The van der Waals surface area contributed by atoms with Gasteiger partial charge in [0.15, 0.2) is 5.13 Å². The molecule has 0 aliphatic rings. The summed E-state index contributed by atoms with van der Waals surface area (Å²) in [6, 6.07) is 15.3. The Bertz CT molecular complexity index is 1320. The van der Waals surface area contributed by atoms with E-state index in [1.54, 1.807) is 18.2 Å². The molecule has 2 aromatic heterocycles. The van der Waals surface area contributed by atoms with Gasteiger partial charge in [-0.2, -0.15) is 0 Å². The highest BCUT2D eigenvalue weighted by Gasteiger charge is 2.20. The summed E-state index contributed by atoms with van der Waals surface area (Å²) in [5, 5.41) is 14.9. The first-order chi connectivity index (χ1) is 15.3. The van der Waals surface area contributed by atoms with Crippen molar-refractivity contribution < 1.29 is 14.5 Å². The van der Waals surface area contributed by atoms with Gasteiger partial charge < -0.3 is 4.74 Å². The standard InChI is InChI=1S/C21H13Cl2N3O4S2/c1-11-2-4-12(5-3-11)18-20(30-13-6-7-14(22)15(23)10-13)32-21(24-18)25-19(27)16-8-9-17(31-16)26(28)29/h2-10H,1H3,(H,24,25,27). The summed E-state index contributed by atoms with van der Waals surface area (Å²) in [6.45, 7) is 1.98. The number of anilines is 1. The van der Waals surface area contributed by atoms with Crippen LogP contribution in [0.4, 0.5) is 10.1 Å². The molecule has 0 fully saturated rings. The Labute approximate surface area is 200 Å². The van der Waals surface area contributed by atoms with Crippen molar-refractivity contribution in [2.75, 3.05) is 5.32 Å². The molecule has 162 valence electrons. The largest absolute Gasteiger partial charge is 0.444 e.